The van der Waals surface area contributed by atoms with Crippen LogP contribution in [0.2, 0.25) is 5.02 Å². The Morgan fingerprint density at radius 1 is 0.780 bits per heavy atom. The number of ether oxygens (including phenoxy) is 2. The first kappa shape index (κ1) is 36.6. The van der Waals surface area contributed by atoms with Gasteiger partial charge in [0.2, 0.25) is 0 Å². The molecule has 0 unspecified atom stereocenters. The summed E-state index contributed by atoms with van der Waals surface area (Å²) < 4.78 is 133. The number of nitrogens with zero attached hydrogens (tertiary/aromatic N) is 1. The van der Waals surface area contributed by atoms with Crippen molar-refractivity contribution in [2.75, 3.05) is 7.11 Å². The van der Waals surface area contributed by atoms with Crippen molar-refractivity contribution >= 4 is 23.7 Å². The highest BCUT2D eigenvalue weighted by Gasteiger charge is 2.44. The molecule has 50 heavy (non-hydrogen) atoms. The largest absolute Gasteiger partial charge is 0.465 e. The first-order valence-corrected chi connectivity index (χ1v) is 15.0. The molecule has 5 nitrogen and oxygen atoms in total. The SMILES string of the molecule is COC(=O)c1ccc(-c2ccc(Cl)c(-c3ccc(C(F)(F)F)cc3CN3C(=O)O[C@H](c4cc(C(F)(F)F)cc(C(F)(F)F)c4)[C@@H]3C)c2)c(C)c1. The quantitative estimate of drug-likeness (QED) is 0.146. The molecule has 0 aliphatic carbocycles. The zero-order chi connectivity index (χ0) is 36.9. The maximum Gasteiger partial charge on any atom is 0.416 e. The fourth-order valence-electron chi connectivity index (χ4n) is 5.78. The average Bonchev–Trinajstić information content (AvgIpc) is 3.31. The highest BCUT2D eigenvalue weighted by Crippen LogP contribution is 2.43. The van der Waals surface area contributed by atoms with Crippen LogP contribution >= 0.6 is 11.6 Å². The van der Waals surface area contributed by atoms with Crippen LogP contribution in [0.15, 0.2) is 72.8 Å². The molecule has 1 aliphatic heterocycles. The van der Waals surface area contributed by atoms with E-state index < -0.39 is 71.5 Å². The zero-order valence-electron chi connectivity index (χ0n) is 26.1. The second-order valence-corrected chi connectivity index (χ2v) is 12.0. The van der Waals surface area contributed by atoms with Crippen LogP contribution in [0.4, 0.5) is 44.3 Å². The number of halogens is 10. The zero-order valence-corrected chi connectivity index (χ0v) is 26.9. The summed E-state index contributed by atoms with van der Waals surface area (Å²) in [6.07, 6.45) is -17.9. The second kappa shape index (κ2) is 13.2. The minimum Gasteiger partial charge on any atom is -0.465 e. The van der Waals surface area contributed by atoms with Crippen molar-refractivity contribution in [3.63, 3.8) is 0 Å². The summed E-state index contributed by atoms with van der Waals surface area (Å²) in [4.78, 5) is 26.0. The Hall–Kier alpha value is -4.72. The topological polar surface area (TPSA) is 55.8 Å². The van der Waals surface area contributed by atoms with E-state index in [0.29, 0.717) is 28.8 Å². The number of alkyl halides is 9. The minimum atomic E-state index is -5.16. The fourth-order valence-corrected chi connectivity index (χ4v) is 6.00. The molecule has 2 atom stereocenters. The standard InChI is InChI=1S/C35H25ClF9NO4/c1-17-10-20(31(47)49-3)4-7-26(17)19-5-9-29(36)28(14-19)27-8-6-23(33(37,38)39)13-22(27)16-46-18(2)30(50-32(46)48)21-11-24(34(40,41)42)15-25(12-21)35(43,44)45/h4-15,18,30H,16H2,1-3H3/t18-,30-/m0/s1. The van der Waals surface area contributed by atoms with Gasteiger partial charge in [-0.05, 0) is 102 Å². The van der Waals surface area contributed by atoms with Gasteiger partial charge in [-0.1, -0.05) is 29.8 Å². The summed E-state index contributed by atoms with van der Waals surface area (Å²) in [6.45, 7) is 2.46. The fraction of sp³-hybridized carbons (Fsp3) is 0.257. The number of aryl methyl sites for hydroxylation is 1. The number of cyclic esters (lactones) is 1. The Kier molecular flexibility index (Phi) is 9.65. The Balaban J connectivity index is 1.57. The summed E-state index contributed by atoms with van der Waals surface area (Å²) >= 11 is 6.55. The van der Waals surface area contributed by atoms with Gasteiger partial charge in [-0.2, -0.15) is 39.5 Å². The van der Waals surface area contributed by atoms with E-state index in [9.17, 15) is 49.1 Å². The van der Waals surface area contributed by atoms with Crippen molar-refractivity contribution in [1.82, 2.24) is 4.90 Å². The summed E-state index contributed by atoms with van der Waals surface area (Å²) in [5.74, 6) is -0.559. The summed E-state index contributed by atoms with van der Waals surface area (Å²) in [5, 5.41) is 0.122. The number of rotatable bonds is 6. The predicted molar refractivity (Wildman–Crippen MR) is 164 cm³/mol. The van der Waals surface area contributed by atoms with Gasteiger partial charge in [0.05, 0.1) is 42.0 Å². The third kappa shape index (κ3) is 7.40. The van der Waals surface area contributed by atoms with Crippen molar-refractivity contribution in [3.05, 3.63) is 117 Å². The van der Waals surface area contributed by atoms with Crippen LogP contribution in [0.5, 0.6) is 0 Å². The van der Waals surface area contributed by atoms with E-state index in [1.165, 1.54) is 26.2 Å². The van der Waals surface area contributed by atoms with Crippen molar-refractivity contribution in [2.24, 2.45) is 0 Å². The average molecular weight is 730 g/mol. The highest BCUT2D eigenvalue weighted by molar-refractivity contribution is 6.33. The molecule has 1 saturated heterocycles. The lowest BCUT2D eigenvalue weighted by Crippen LogP contribution is -2.32. The van der Waals surface area contributed by atoms with Crippen molar-refractivity contribution in [1.29, 1.82) is 0 Å². The van der Waals surface area contributed by atoms with Crippen LogP contribution < -0.4 is 0 Å². The van der Waals surface area contributed by atoms with Crippen LogP contribution in [0, 0.1) is 6.92 Å². The van der Waals surface area contributed by atoms with Gasteiger partial charge in [0.25, 0.3) is 0 Å². The van der Waals surface area contributed by atoms with Crippen molar-refractivity contribution < 1.29 is 58.6 Å². The summed E-state index contributed by atoms with van der Waals surface area (Å²) in [7, 11) is 1.23. The Bertz CT molecular complexity index is 1940. The van der Waals surface area contributed by atoms with E-state index in [1.54, 1.807) is 31.2 Å². The van der Waals surface area contributed by atoms with Crippen LogP contribution in [-0.2, 0) is 34.5 Å². The lowest BCUT2D eigenvalue weighted by molar-refractivity contribution is -0.143. The predicted octanol–water partition coefficient (Wildman–Crippen LogP) is 10.9. The molecule has 0 radical (unpaired) electrons. The van der Waals surface area contributed by atoms with Gasteiger partial charge in [0.1, 0.15) is 6.10 Å². The molecular formula is C35H25ClF9NO4. The number of esters is 1. The molecule has 1 aliphatic rings. The second-order valence-electron chi connectivity index (χ2n) is 11.6. The van der Waals surface area contributed by atoms with Gasteiger partial charge >= 0.3 is 30.6 Å². The molecule has 0 saturated carbocycles. The van der Waals surface area contributed by atoms with Gasteiger partial charge in [-0.25, -0.2) is 9.59 Å². The molecule has 1 amide bonds. The molecule has 4 aromatic rings. The molecule has 15 heteroatoms. The van der Waals surface area contributed by atoms with Gasteiger partial charge < -0.3 is 9.47 Å². The van der Waals surface area contributed by atoms with Crippen LogP contribution in [0.1, 0.15) is 56.8 Å². The van der Waals surface area contributed by atoms with Gasteiger partial charge in [-0.3, -0.25) is 4.90 Å². The smallest absolute Gasteiger partial charge is 0.416 e. The summed E-state index contributed by atoms with van der Waals surface area (Å²) in [6, 6.07) is 11.9. The highest BCUT2D eigenvalue weighted by atomic mass is 35.5. The van der Waals surface area contributed by atoms with E-state index >= 15 is 0 Å². The molecule has 5 rings (SSSR count). The van der Waals surface area contributed by atoms with Gasteiger partial charge in [0.15, 0.2) is 0 Å². The molecule has 264 valence electrons. The van der Waals surface area contributed by atoms with E-state index in [2.05, 4.69) is 0 Å². The lowest BCUT2D eigenvalue weighted by atomic mass is 9.92. The third-order valence-electron chi connectivity index (χ3n) is 8.32. The molecule has 0 aromatic heterocycles. The molecule has 0 bridgehead atoms. The maximum atomic E-state index is 13.9. The molecule has 4 aromatic carbocycles. The molecular weight excluding hydrogens is 705 g/mol. The number of methoxy groups -OCH3 is 1. The normalized spacial score (nSPS) is 16.8. The Morgan fingerprint density at radius 3 is 1.94 bits per heavy atom. The number of carbonyl (C=O) groups excluding carboxylic acids is 2. The molecule has 1 heterocycles. The Labute approximate surface area is 284 Å². The number of benzene rings is 4. The number of hydrogen-bond acceptors (Lipinski definition) is 4. The van der Waals surface area contributed by atoms with Crippen molar-refractivity contribution in [3.8, 4) is 22.3 Å². The first-order valence-electron chi connectivity index (χ1n) is 14.6. The Morgan fingerprint density at radius 2 is 1.38 bits per heavy atom. The van der Waals surface area contributed by atoms with Crippen LogP contribution in [-0.4, -0.2) is 30.1 Å². The minimum absolute atomic E-state index is 0.0650. The molecule has 0 spiro atoms. The molecule has 1 fully saturated rings. The lowest BCUT2D eigenvalue weighted by Gasteiger charge is -2.24. The third-order valence-corrected chi connectivity index (χ3v) is 8.65. The van der Waals surface area contributed by atoms with Gasteiger partial charge in [-0.15, -0.1) is 0 Å². The van der Waals surface area contributed by atoms with E-state index in [0.717, 1.165) is 23.1 Å². The van der Waals surface area contributed by atoms with E-state index in [1.807, 2.05) is 0 Å². The number of amides is 1. The maximum absolute atomic E-state index is 13.9. The summed E-state index contributed by atoms with van der Waals surface area (Å²) in [5.41, 5.74) is -2.39. The van der Waals surface area contributed by atoms with E-state index in [4.69, 9.17) is 21.1 Å². The van der Waals surface area contributed by atoms with Crippen LogP contribution in [0.25, 0.3) is 22.3 Å². The number of hydrogen-bond donors (Lipinski definition) is 0. The van der Waals surface area contributed by atoms with Crippen LogP contribution in [0.3, 0.4) is 0 Å². The number of carbonyl (C=O) groups is 2. The monoisotopic (exact) mass is 729 g/mol. The molecule has 0 N–H and O–H groups in total. The van der Waals surface area contributed by atoms with E-state index in [-0.39, 0.29) is 33.3 Å². The first-order chi connectivity index (χ1) is 23.2. The van der Waals surface area contributed by atoms with Gasteiger partial charge in [0, 0.05) is 10.6 Å². The van der Waals surface area contributed by atoms with Crippen molar-refractivity contribution in [2.45, 2.75) is 51.1 Å².